The van der Waals surface area contributed by atoms with Gasteiger partial charge in [-0.25, -0.2) is 9.37 Å². The standard InChI is InChI=1S/C7H5ClFNO.C7H14/c1-4(11)6-2-5(9)3-10-7(6)8;1-7-5-3-2-4-6-7/h2-3H,1H3;7H,2-6H2,1H3. The van der Waals surface area contributed by atoms with Crippen molar-refractivity contribution in [2.75, 3.05) is 0 Å². The van der Waals surface area contributed by atoms with Crippen LogP contribution < -0.4 is 0 Å². The van der Waals surface area contributed by atoms with E-state index >= 15 is 0 Å². The molecule has 1 aliphatic rings. The molecule has 0 unspecified atom stereocenters. The van der Waals surface area contributed by atoms with Crippen LogP contribution in [-0.4, -0.2) is 10.8 Å². The van der Waals surface area contributed by atoms with Crippen molar-refractivity contribution in [1.82, 2.24) is 4.98 Å². The first-order chi connectivity index (χ1) is 8.50. The molecule has 1 aliphatic carbocycles. The first kappa shape index (κ1) is 15.1. The molecule has 1 fully saturated rings. The number of hydrogen-bond acceptors (Lipinski definition) is 2. The first-order valence-corrected chi connectivity index (χ1v) is 6.70. The number of ketones is 1. The zero-order valence-corrected chi connectivity index (χ0v) is 11.6. The third-order valence-electron chi connectivity index (χ3n) is 3.08. The van der Waals surface area contributed by atoms with Gasteiger partial charge in [-0.3, -0.25) is 4.79 Å². The molecular weight excluding hydrogens is 253 g/mol. The van der Waals surface area contributed by atoms with Gasteiger partial charge in [-0.2, -0.15) is 0 Å². The second-order valence-electron chi connectivity index (χ2n) is 4.79. The van der Waals surface area contributed by atoms with Crippen molar-refractivity contribution in [3.8, 4) is 0 Å². The van der Waals surface area contributed by atoms with Crippen LogP contribution in [0.3, 0.4) is 0 Å². The van der Waals surface area contributed by atoms with E-state index in [-0.39, 0.29) is 16.5 Å². The molecule has 0 radical (unpaired) electrons. The maximum absolute atomic E-state index is 12.4. The van der Waals surface area contributed by atoms with E-state index < -0.39 is 5.82 Å². The van der Waals surface area contributed by atoms with Gasteiger partial charge in [0.15, 0.2) is 5.78 Å². The lowest BCUT2D eigenvalue weighted by Crippen LogP contribution is -1.99. The SMILES string of the molecule is CC(=O)c1cc(F)cnc1Cl.CC1CCCCC1. The van der Waals surface area contributed by atoms with Crippen LogP contribution in [-0.2, 0) is 0 Å². The fourth-order valence-electron chi connectivity index (χ4n) is 1.98. The summed E-state index contributed by atoms with van der Waals surface area (Å²) < 4.78 is 12.4. The molecule has 1 saturated carbocycles. The molecule has 1 aromatic heterocycles. The van der Waals surface area contributed by atoms with E-state index in [1.807, 2.05) is 0 Å². The zero-order valence-electron chi connectivity index (χ0n) is 10.9. The number of pyridine rings is 1. The Labute approximate surface area is 113 Å². The molecule has 18 heavy (non-hydrogen) atoms. The molecule has 0 atom stereocenters. The molecule has 0 saturated heterocycles. The second kappa shape index (κ2) is 7.47. The minimum absolute atomic E-state index is 0.0406. The topological polar surface area (TPSA) is 30.0 Å². The smallest absolute Gasteiger partial charge is 0.163 e. The Kier molecular flexibility index (Phi) is 6.27. The predicted octanol–water partition coefficient (Wildman–Crippen LogP) is 4.66. The molecule has 2 nitrogen and oxygen atoms in total. The fraction of sp³-hybridized carbons (Fsp3) is 0.571. The first-order valence-electron chi connectivity index (χ1n) is 6.32. The Morgan fingerprint density at radius 2 is 2.00 bits per heavy atom. The Morgan fingerprint density at radius 1 is 1.39 bits per heavy atom. The van der Waals surface area contributed by atoms with Crippen molar-refractivity contribution >= 4 is 17.4 Å². The van der Waals surface area contributed by atoms with Crippen molar-refractivity contribution in [3.63, 3.8) is 0 Å². The van der Waals surface area contributed by atoms with Gasteiger partial charge in [-0.15, -0.1) is 0 Å². The molecule has 0 N–H and O–H groups in total. The van der Waals surface area contributed by atoms with Crippen molar-refractivity contribution in [2.45, 2.75) is 46.0 Å². The summed E-state index contributed by atoms with van der Waals surface area (Å²) >= 11 is 5.49. The number of rotatable bonds is 1. The molecule has 1 heterocycles. The molecule has 0 aliphatic heterocycles. The third kappa shape index (κ3) is 5.13. The van der Waals surface area contributed by atoms with E-state index in [1.165, 1.54) is 39.0 Å². The summed E-state index contributed by atoms with van der Waals surface area (Å²) in [6.45, 7) is 3.67. The van der Waals surface area contributed by atoms with Crippen LogP contribution in [0.4, 0.5) is 4.39 Å². The highest BCUT2D eigenvalue weighted by molar-refractivity contribution is 6.32. The highest BCUT2D eigenvalue weighted by Gasteiger charge is 2.07. The van der Waals surface area contributed by atoms with E-state index in [0.29, 0.717) is 0 Å². The lowest BCUT2D eigenvalue weighted by molar-refractivity contribution is 0.101. The van der Waals surface area contributed by atoms with Crippen molar-refractivity contribution in [3.05, 3.63) is 28.8 Å². The number of aromatic nitrogens is 1. The minimum atomic E-state index is -0.556. The van der Waals surface area contributed by atoms with Gasteiger partial charge in [-0.1, -0.05) is 50.6 Å². The normalized spacial score (nSPS) is 15.8. The lowest BCUT2D eigenvalue weighted by Gasteiger charge is -2.15. The van der Waals surface area contributed by atoms with Gasteiger partial charge >= 0.3 is 0 Å². The lowest BCUT2D eigenvalue weighted by atomic mass is 9.91. The summed E-state index contributed by atoms with van der Waals surface area (Å²) in [5.41, 5.74) is 0.117. The van der Waals surface area contributed by atoms with E-state index in [4.69, 9.17) is 11.6 Å². The van der Waals surface area contributed by atoms with E-state index in [9.17, 15) is 9.18 Å². The largest absolute Gasteiger partial charge is 0.294 e. The van der Waals surface area contributed by atoms with E-state index in [1.54, 1.807) is 0 Å². The Morgan fingerprint density at radius 3 is 2.39 bits per heavy atom. The summed E-state index contributed by atoms with van der Waals surface area (Å²) in [7, 11) is 0. The molecule has 0 aromatic carbocycles. The monoisotopic (exact) mass is 271 g/mol. The molecule has 100 valence electrons. The molecule has 4 heteroatoms. The Balaban J connectivity index is 0.000000199. The number of hydrogen-bond donors (Lipinski definition) is 0. The minimum Gasteiger partial charge on any atom is -0.294 e. The Hall–Kier alpha value is -0.960. The van der Waals surface area contributed by atoms with Crippen LogP contribution in [0.15, 0.2) is 12.3 Å². The summed E-state index contributed by atoms with van der Waals surface area (Å²) in [6, 6.07) is 1.07. The molecule has 0 amide bonds. The van der Waals surface area contributed by atoms with E-state index in [0.717, 1.165) is 18.2 Å². The van der Waals surface area contributed by atoms with Gasteiger partial charge in [0.05, 0.1) is 11.8 Å². The number of halogens is 2. The van der Waals surface area contributed by atoms with E-state index in [2.05, 4.69) is 11.9 Å². The van der Waals surface area contributed by atoms with Gasteiger partial charge in [0.2, 0.25) is 0 Å². The summed E-state index contributed by atoms with van der Waals surface area (Å²) in [5.74, 6) is 0.190. The fourth-order valence-corrected chi connectivity index (χ4v) is 2.21. The number of carbonyl (C=O) groups is 1. The van der Waals surface area contributed by atoms with Crippen LogP contribution in [0.5, 0.6) is 0 Å². The maximum Gasteiger partial charge on any atom is 0.163 e. The Bertz CT molecular complexity index is 403. The predicted molar refractivity (Wildman–Crippen MR) is 71.5 cm³/mol. The molecule has 0 bridgehead atoms. The van der Waals surface area contributed by atoms with Crippen LogP contribution in [0, 0.1) is 11.7 Å². The van der Waals surface area contributed by atoms with Crippen molar-refractivity contribution in [2.24, 2.45) is 5.92 Å². The van der Waals surface area contributed by atoms with Crippen LogP contribution >= 0.6 is 11.6 Å². The van der Waals surface area contributed by atoms with Crippen molar-refractivity contribution in [1.29, 1.82) is 0 Å². The summed E-state index contributed by atoms with van der Waals surface area (Å²) in [5, 5.41) is 0.0406. The third-order valence-corrected chi connectivity index (χ3v) is 3.38. The number of nitrogens with zero attached hydrogens (tertiary/aromatic N) is 1. The zero-order chi connectivity index (χ0) is 13.5. The van der Waals surface area contributed by atoms with Gasteiger partial charge in [-0.05, 0) is 18.9 Å². The van der Waals surface area contributed by atoms with Crippen LogP contribution in [0.25, 0.3) is 0 Å². The maximum atomic E-state index is 12.4. The molecule has 0 spiro atoms. The summed E-state index contributed by atoms with van der Waals surface area (Å²) in [6.07, 6.45) is 8.40. The van der Waals surface area contributed by atoms with Crippen LogP contribution in [0.1, 0.15) is 56.3 Å². The average molecular weight is 272 g/mol. The highest BCUT2D eigenvalue weighted by atomic mass is 35.5. The highest BCUT2D eigenvalue weighted by Crippen LogP contribution is 2.22. The number of Topliss-reactive ketones (excluding diaryl/α,β-unsaturated/α-hetero) is 1. The average Bonchev–Trinajstić information content (AvgIpc) is 2.34. The van der Waals surface area contributed by atoms with Gasteiger partial charge in [0.25, 0.3) is 0 Å². The second-order valence-corrected chi connectivity index (χ2v) is 5.15. The van der Waals surface area contributed by atoms with Gasteiger partial charge in [0.1, 0.15) is 11.0 Å². The summed E-state index contributed by atoms with van der Waals surface area (Å²) in [4.78, 5) is 14.2. The molecule has 1 aromatic rings. The van der Waals surface area contributed by atoms with Crippen LogP contribution in [0.2, 0.25) is 5.15 Å². The van der Waals surface area contributed by atoms with Gasteiger partial charge in [0, 0.05) is 0 Å². The van der Waals surface area contributed by atoms with Crippen molar-refractivity contribution < 1.29 is 9.18 Å². The molecular formula is C14H19ClFNO. The van der Waals surface area contributed by atoms with Gasteiger partial charge < -0.3 is 0 Å². The quantitative estimate of drug-likeness (QED) is 0.549. The number of carbonyl (C=O) groups excluding carboxylic acids is 1. The molecule has 2 rings (SSSR count).